The highest BCUT2D eigenvalue weighted by atomic mass is 16.5. The maximum Gasteiger partial charge on any atom is 0.139 e. The molecule has 0 aromatic heterocycles. The Hall–Kier alpha value is -0.540. The number of hydrogen-bond donors (Lipinski definition) is 1. The minimum atomic E-state index is -0.644. The van der Waals surface area contributed by atoms with Crippen molar-refractivity contribution in [2.45, 2.75) is 45.3 Å². The molecule has 1 aliphatic rings. The van der Waals surface area contributed by atoms with E-state index in [4.69, 9.17) is 9.47 Å². The number of aliphatic hydroxyl groups is 1. The van der Waals surface area contributed by atoms with Crippen molar-refractivity contribution >= 4 is 0 Å². The molecule has 0 aromatic rings. The van der Waals surface area contributed by atoms with E-state index in [1.165, 1.54) is 0 Å². The Morgan fingerprint density at radius 2 is 2.36 bits per heavy atom. The van der Waals surface area contributed by atoms with Crippen molar-refractivity contribution in [1.29, 1.82) is 0 Å². The van der Waals surface area contributed by atoms with Gasteiger partial charge in [0.25, 0.3) is 0 Å². The molecule has 0 amide bonds. The van der Waals surface area contributed by atoms with Gasteiger partial charge in [-0.05, 0) is 26.3 Å². The Balaban J connectivity index is 2.67. The predicted molar refractivity (Wildman–Crippen MR) is 55.0 cm³/mol. The first kappa shape index (κ1) is 11.5. The molecule has 1 N–H and O–H groups in total. The second-order valence-corrected chi connectivity index (χ2v) is 3.75. The summed E-state index contributed by atoms with van der Waals surface area (Å²) in [5.74, 6) is 0.669. The molecule has 2 unspecified atom stereocenters. The summed E-state index contributed by atoms with van der Waals surface area (Å²) >= 11 is 0. The van der Waals surface area contributed by atoms with Crippen LogP contribution in [0, 0.1) is 0 Å². The molecule has 2 atom stereocenters. The molecule has 0 radical (unpaired) electrons. The third-order valence-electron chi connectivity index (χ3n) is 2.76. The van der Waals surface area contributed by atoms with Crippen LogP contribution in [0.15, 0.2) is 11.8 Å². The average molecular weight is 200 g/mol. The van der Waals surface area contributed by atoms with Crippen LogP contribution in [-0.2, 0) is 9.47 Å². The molecule has 0 bridgehead atoms. The maximum atomic E-state index is 10.1. The fourth-order valence-electron chi connectivity index (χ4n) is 1.63. The van der Waals surface area contributed by atoms with E-state index in [0.717, 1.165) is 12.8 Å². The fraction of sp³-hybridized carbons (Fsp3) is 0.818. The van der Waals surface area contributed by atoms with Crippen LogP contribution in [-0.4, -0.2) is 30.0 Å². The molecule has 1 heterocycles. The minimum absolute atomic E-state index is 0.523. The normalized spacial score (nSPS) is 22.4. The summed E-state index contributed by atoms with van der Waals surface area (Å²) in [6.45, 7) is 7.15. The topological polar surface area (TPSA) is 38.7 Å². The van der Waals surface area contributed by atoms with Gasteiger partial charge in [0.1, 0.15) is 11.9 Å². The van der Waals surface area contributed by atoms with E-state index < -0.39 is 11.7 Å². The van der Waals surface area contributed by atoms with E-state index in [-0.39, 0.29) is 0 Å². The molecule has 0 spiro atoms. The quantitative estimate of drug-likeness (QED) is 0.736. The van der Waals surface area contributed by atoms with E-state index in [9.17, 15) is 5.11 Å². The molecule has 0 fully saturated rings. The number of ether oxygens (including phenoxy) is 2. The smallest absolute Gasteiger partial charge is 0.139 e. The molecule has 3 heteroatoms. The van der Waals surface area contributed by atoms with E-state index in [1.807, 2.05) is 26.8 Å². The highest BCUT2D eigenvalue weighted by Crippen LogP contribution is 2.28. The van der Waals surface area contributed by atoms with Crippen LogP contribution in [0.25, 0.3) is 0 Å². The number of aliphatic hydroxyl groups excluding tert-OH is 1. The molecular weight excluding hydrogens is 180 g/mol. The van der Waals surface area contributed by atoms with Crippen molar-refractivity contribution < 1.29 is 14.6 Å². The summed E-state index contributed by atoms with van der Waals surface area (Å²) in [5.41, 5.74) is -0.523. The maximum absolute atomic E-state index is 10.1. The molecule has 0 saturated heterocycles. The first-order chi connectivity index (χ1) is 6.64. The van der Waals surface area contributed by atoms with Gasteiger partial charge in [0, 0.05) is 13.0 Å². The van der Waals surface area contributed by atoms with Gasteiger partial charge in [-0.1, -0.05) is 6.92 Å². The first-order valence-corrected chi connectivity index (χ1v) is 5.29. The van der Waals surface area contributed by atoms with Gasteiger partial charge in [0.05, 0.1) is 12.2 Å². The van der Waals surface area contributed by atoms with Crippen LogP contribution >= 0.6 is 0 Å². The van der Waals surface area contributed by atoms with Crippen LogP contribution in [0.4, 0.5) is 0 Å². The molecule has 0 saturated carbocycles. The van der Waals surface area contributed by atoms with Crippen molar-refractivity contribution in [3.05, 3.63) is 11.8 Å². The summed E-state index contributed by atoms with van der Waals surface area (Å²) in [4.78, 5) is 0. The molecule has 14 heavy (non-hydrogen) atoms. The Labute approximate surface area is 85.7 Å². The lowest BCUT2D eigenvalue weighted by Crippen LogP contribution is -2.42. The molecule has 82 valence electrons. The van der Waals surface area contributed by atoms with E-state index in [1.54, 1.807) is 0 Å². The van der Waals surface area contributed by atoms with E-state index in [2.05, 4.69) is 0 Å². The van der Waals surface area contributed by atoms with Crippen LogP contribution in [0.3, 0.4) is 0 Å². The standard InChI is InChI=1S/C11H20O3/c1-4-11(3,14-5-2)10(12)9-7-6-8-13-9/h7,10,12H,4-6,8H2,1-3H3. The zero-order chi connectivity index (χ0) is 10.6. The Morgan fingerprint density at radius 3 is 2.79 bits per heavy atom. The molecule has 3 nitrogen and oxygen atoms in total. The monoisotopic (exact) mass is 200 g/mol. The molecule has 1 aliphatic heterocycles. The lowest BCUT2D eigenvalue weighted by molar-refractivity contribution is -0.110. The van der Waals surface area contributed by atoms with Crippen molar-refractivity contribution in [2.75, 3.05) is 13.2 Å². The zero-order valence-electron chi connectivity index (χ0n) is 9.25. The lowest BCUT2D eigenvalue weighted by atomic mass is 9.94. The van der Waals surface area contributed by atoms with E-state index in [0.29, 0.717) is 19.0 Å². The Kier molecular flexibility index (Phi) is 3.96. The second-order valence-electron chi connectivity index (χ2n) is 3.75. The summed E-state index contributed by atoms with van der Waals surface area (Å²) in [7, 11) is 0. The average Bonchev–Trinajstić information content (AvgIpc) is 2.69. The number of hydrogen-bond acceptors (Lipinski definition) is 3. The van der Waals surface area contributed by atoms with Gasteiger partial charge in [0.2, 0.25) is 0 Å². The summed E-state index contributed by atoms with van der Waals surface area (Å²) in [6, 6.07) is 0. The first-order valence-electron chi connectivity index (χ1n) is 5.29. The van der Waals surface area contributed by atoms with Gasteiger partial charge >= 0.3 is 0 Å². The van der Waals surface area contributed by atoms with Crippen LogP contribution < -0.4 is 0 Å². The van der Waals surface area contributed by atoms with Crippen LogP contribution in [0.5, 0.6) is 0 Å². The molecule has 1 rings (SSSR count). The van der Waals surface area contributed by atoms with Crippen molar-refractivity contribution in [3.8, 4) is 0 Å². The zero-order valence-corrected chi connectivity index (χ0v) is 9.25. The van der Waals surface area contributed by atoms with Gasteiger partial charge in [0.15, 0.2) is 0 Å². The van der Waals surface area contributed by atoms with Gasteiger partial charge < -0.3 is 14.6 Å². The Bertz CT molecular complexity index is 213. The summed E-state index contributed by atoms with van der Waals surface area (Å²) < 4.78 is 10.9. The predicted octanol–water partition coefficient (Wildman–Crippen LogP) is 1.86. The molecule has 0 aliphatic carbocycles. The number of rotatable bonds is 5. The van der Waals surface area contributed by atoms with Crippen molar-refractivity contribution in [3.63, 3.8) is 0 Å². The Morgan fingerprint density at radius 1 is 1.64 bits per heavy atom. The van der Waals surface area contributed by atoms with Gasteiger partial charge in [-0.3, -0.25) is 0 Å². The van der Waals surface area contributed by atoms with Crippen LogP contribution in [0.2, 0.25) is 0 Å². The third kappa shape index (κ3) is 2.28. The fourth-order valence-corrected chi connectivity index (χ4v) is 1.63. The van der Waals surface area contributed by atoms with Gasteiger partial charge in [-0.15, -0.1) is 0 Å². The minimum Gasteiger partial charge on any atom is -0.495 e. The highest BCUT2D eigenvalue weighted by Gasteiger charge is 2.36. The SMILES string of the molecule is CCOC(C)(CC)C(O)C1=CCCO1. The largest absolute Gasteiger partial charge is 0.495 e. The third-order valence-corrected chi connectivity index (χ3v) is 2.76. The highest BCUT2D eigenvalue weighted by molar-refractivity contribution is 5.10. The van der Waals surface area contributed by atoms with Crippen LogP contribution in [0.1, 0.15) is 33.6 Å². The van der Waals surface area contributed by atoms with Gasteiger partial charge in [-0.25, -0.2) is 0 Å². The van der Waals surface area contributed by atoms with Gasteiger partial charge in [-0.2, -0.15) is 0 Å². The lowest BCUT2D eigenvalue weighted by Gasteiger charge is -2.33. The second kappa shape index (κ2) is 4.80. The van der Waals surface area contributed by atoms with Crippen molar-refractivity contribution in [2.24, 2.45) is 0 Å². The molecular formula is C11H20O3. The summed E-state index contributed by atoms with van der Waals surface area (Å²) in [6.07, 6.45) is 2.95. The summed E-state index contributed by atoms with van der Waals surface area (Å²) in [5, 5.41) is 10.1. The van der Waals surface area contributed by atoms with Crippen molar-refractivity contribution in [1.82, 2.24) is 0 Å². The van der Waals surface area contributed by atoms with E-state index >= 15 is 0 Å². The molecule has 0 aromatic carbocycles.